The number of nitrogens with one attached hydrogen (secondary N) is 2. The van der Waals surface area contributed by atoms with E-state index in [1.807, 2.05) is 30.3 Å². The zero-order valence-electron chi connectivity index (χ0n) is 14.3. The predicted octanol–water partition coefficient (Wildman–Crippen LogP) is 2.71. The van der Waals surface area contributed by atoms with Crippen LogP contribution in [0.4, 0.5) is 14.7 Å². The lowest BCUT2D eigenvalue weighted by Crippen LogP contribution is -2.44. The fourth-order valence-corrected chi connectivity index (χ4v) is 3.25. The third-order valence-corrected chi connectivity index (χ3v) is 4.72. The molecule has 0 aliphatic carbocycles. The van der Waals surface area contributed by atoms with E-state index in [-0.39, 0.29) is 24.6 Å². The number of nitrogens with zero attached hydrogens (tertiary/aromatic N) is 3. The van der Waals surface area contributed by atoms with Crippen molar-refractivity contribution in [2.75, 3.05) is 25.0 Å². The highest BCUT2D eigenvalue weighted by Crippen LogP contribution is 2.17. The molecule has 2 heterocycles. The van der Waals surface area contributed by atoms with Crippen LogP contribution in [0.15, 0.2) is 35.8 Å². The van der Waals surface area contributed by atoms with Crippen molar-refractivity contribution in [3.05, 3.63) is 41.4 Å². The van der Waals surface area contributed by atoms with Crippen LogP contribution < -0.4 is 10.6 Å². The minimum Gasteiger partial charge on any atom is -0.445 e. The third-order valence-electron chi connectivity index (χ3n) is 4.11. The highest BCUT2D eigenvalue weighted by molar-refractivity contribution is 7.13. The van der Waals surface area contributed by atoms with Gasteiger partial charge >= 0.3 is 12.1 Å². The number of rotatable bonds is 5. The number of benzene rings is 1. The molecule has 3 amide bonds. The summed E-state index contributed by atoms with van der Waals surface area (Å²) in [5, 5.41) is 13.3. The van der Waals surface area contributed by atoms with Crippen molar-refractivity contribution in [1.29, 1.82) is 0 Å². The molecule has 9 heteroatoms. The Kier molecular flexibility index (Phi) is 6.37. The highest BCUT2D eigenvalue weighted by Gasteiger charge is 2.25. The Hall–Kier alpha value is -2.68. The number of amides is 3. The summed E-state index contributed by atoms with van der Waals surface area (Å²) in [5.74, 6) is 0.202. The van der Waals surface area contributed by atoms with Gasteiger partial charge in [-0.2, -0.15) is 0 Å². The van der Waals surface area contributed by atoms with Crippen molar-refractivity contribution in [3.63, 3.8) is 0 Å². The van der Waals surface area contributed by atoms with Gasteiger partial charge in [0.15, 0.2) is 0 Å². The minimum absolute atomic E-state index is 0.202. The molecule has 8 nitrogen and oxygen atoms in total. The number of aromatic nitrogens is 2. The van der Waals surface area contributed by atoms with Gasteiger partial charge < -0.3 is 15.0 Å². The summed E-state index contributed by atoms with van der Waals surface area (Å²) in [6.07, 6.45) is 1.55. The molecule has 2 aromatic rings. The lowest BCUT2D eigenvalue weighted by molar-refractivity contribution is 0.0793. The maximum absolute atomic E-state index is 12.3. The van der Waals surface area contributed by atoms with Crippen molar-refractivity contribution >= 4 is 28.6 Å². The number of urea groups is 1. The first kappa shape index (κ1) is 18.1. The number of hydrogen-bond donors (Lipinski definition) is 2. The van der Waals surface area contributed by atoms with Gasteiger partial charge in [0.2, 0.25) is 5.13 Å². The van der Waals surface area contributed by atoms with Crippen LogP contribution in [-0.2, 0) is 11.3 Å². The summed E-state index contributed by atoms with van der Waals surface area (Å²) in [6.45, 7) is 2.02. The van der Waals surface area contributed by atoms with Crippen LogP contribution >= 0.6 is 11.3 Å². The van der Waals surface area contributed by atoms with E-state index in [1.54, 1.807) is 10.4 Å². The van der Waals surface area contributed by atoms with Crippen molar-refractivity contribution in [1.82, 2.24) is 20.4 Å². The predicted molar refractivity (Wildman–Crippen MR) is 97.9 cm³/mol. The summed E-state index contributed by atoms with van der Waals surface area (Å²) >= 11 is 1.26. The first-order chi connectivity index (χ1) is 12.7. The summed E-state index contributed by atoms with van der Waals surface area (Å²) < 4.78 is 5.39. The van der Waals surface area contributed by atoms with E-state index >= 15 is 0 Å². The molecule has 0 unspecified atom stereocenters. The lowest BCUT2D eigenvalue weighted by atomic mass is 9.98. The quantitative estimate of drug-likeness (QED) is 0.838. The third kappa shape index (κ3) is 5.41. The van der Waals surface area contributed by atoms with E-state index in [9.17, 15) is 9.59 Å². The van der Waals surface area contributed by atoms with E-state index in [4.69, 9.17) is 4.74 Å². The Bertz CT molecular complexity index is 710. The van der Waals surface area contributed by atoms with Crippen molar-refractivity contribution in [3.8, 4) is 0 Å². The molecule has 1 atom stereocenters. The summed E-state index contributed by atoms with van der Waals surface area (Å²) in [6, 6.07) is 9.29. The van der Waals surface area contributed by atoms with E-state index < -0.39 is 0 Å². The van der Waals surface area contributed by atoms with Gasteiger partial charge in [-0.1, -0.05) is 41.7 Å². The molecule has 1 aromatic carbocycles. The van der Waals surface area contributed by atoms with Crippen LogP contribution in [0, 0.1) is 5.92 Å². The number of carbonyl (C=O) groups is 2. The van der Waals surface area contributed by atoms with Crippen LogP contribution in [0.2, 0.25) is 0 Å². The molecule has 0 spiro atoms. The smallest absolute Gasteiger partial charge is 0.410 e. The van der Waals surface area contributed by atoms with Gasteiger partial charge in [0.25, 0.3) is 0 Å². The summed E-state index contributed by atoms with van der Waals surface area (Å²) in [7, 11) is 0. The number of hydrogen-bond acceptors (Lipinski definition) is 6. The molecule has 2 N–H and O–H groups in total. The summed E-state index contributed by atoms with van der Waals surface area (Å²) in [5.41, 5.74) is 2.51. The van der Waals surface area contributed by atoms with Crippen LogP contribution in [0.25, 0.3) is 0 Å². The Labute approximate surface area is 155 Å². The fraction of sp³-hybridized carbons (Fsp3) is 0.412. The number of anilines is 1. The van der Waals surface area contributed by atoms with Gasteiger partial charge in [-0.05, 0) is 24.3 Å². The van der Waals surface area contributed by atoms with Crippen molar-refractivity contribution in [2.24, 2.45) is 5.92 Å². The normalized spacial score (nSPS) is 16.8. The Morgan fingerprint density at radius 1 is 1.31 bits per heavy atom. The SMILES string of the molecule is O=C(NC[C@@H]1CCCN(C(=O)OCc2ccccc2)C1)Nc1nncs1. The maximum atomic E-state index is 12.3. The second-order valence-electron chi connectivity index (χ2n) is 6.07. The fourth-order valence-electron chi connectivity index (χ4n) is 2.81. The zero-order valence-corrected chi connectivity index (χ0v) is 15.1. The standard InChI is InChI=1S/C17H21N5O3S/c23-15(20-16-21-19-12-26-16)18-9-14-7-4-8-22(10-14)17(24)25-11-13-5-2-1-3-6-13/h1-3,5-6,12,14H,4,7-11H2,(H2,18,20,21,23)/t14-/m0/s1. The van der Waals surface area contributed by atoms with Crippen LogP contribution in [0.3, 0.4) is 0 Å². The first-order valence-electron chi connectivity index (χ1n) is 8.47. The number of carbonyl (C=O) groups excluding carboxylic acids is 2. The molecule has 1 aromatic heterocycles. The zero-order chi connectivity index (χ0) is 18.2. The lowest BCUT2D eigenvalue weighted by Gasteiger charge is -2.32. The highest BCUT2D eigenvalue weighted by atomic mass is 32.1. The van der Waals surface area contributed by atoms with Gasteiger partial charge in [0.05, 0.1) is 0 Å². The largest absolute Gasteiger partial charge is 0.445 e. The number of piperidine rings is 1. The second kappa shape index (κ2) is 9.14. The Balaban J connectivity index is 1.40. The van der Waals surface area contributed by atoms with Gasteiger partial charge in [-0.25, -0.2) is 9.59 Å². The monoisotopic (exact) mass is 375 g/mol. The number of ether oxygens (including phenoxy) is 1. The minimum atomic E-state index is -0.314. The Morgan fingerprint density at radius 3 is 2.92 bits per heavy atom. The van der Waals surface area contributed by atoms with Crippen LogP contribution in [-0.4, -0.2) is 46.9 Å². The van der Waals surface area contributed by atoms with E-state index in [1.165, 1.54) is 11.3 Å². The second-order valence-corrected chi connectivity index (χ2v) is 6.91. The van der Waals surface area contributed by atoms with E-state index in [0.717, 1.165) is 18.4 Å². The molecule has 0 bridgehead atoms. The number of likely N-dealkylation sites (tertiary alicyclic amines) is 1. The molecule has 1 aliphatic heterocycles. The average molecular weight is 375 g/mol. The van der Waals surface area contributed by atoms with Gasteiger partial charge in [0, 0.05) is 19.6 Å². The molecule has 3 rings (SSSR count). The average Bonchev–Trinajstić information content (AvgIpc) is 3.18. The molecule has 0 saturated carbocycles. The van der Waals surface area contributed by atoms with Crippen molar-refractivity contribution < 1.29 is 14.3 Å². The molecule has 1 saturated heterocycles. The topological polar surface area (TPSA) is 96.5 Å². The van der Waals surface area contributed by atoms with E-state index in [0.29, 0.717) is 24.8 Å². The van der Waals surface area contributed by atoms with Gasteiger partial charge in [-0.3, -0.25) is 5.32 Å². The molecule has 138 valence electrons. The maximum Gasteiger partial charge on any atom is 0.410 e. The first-order valence-corrected chi connectivity index (χ1v) is 9.35. The summed E-state index contributed by atoms with van der Waals surface area (Å²) in [4.78, 5) is 25.8. The molecule has 1 fully saturated rings. The molecule has 26 heavy (non-hydrogen) atoms. The Morgan fingerprint density at radius 2 is 2.15 bits per heavy atom. The van der Waals surface area contributed by atoms with Crippen molar-refractivity contribution in [2.45, 2.75) is 19.4 Å². The molecular formula is C17H21N5O3S. The van der Waals surface area contributed by atoms with Gasteiger partial charge in [-0.15, -0.1) is 10.2 Å². The van der Waals surface area contributed by atoms with E-state index in [2.05, 4.69) is 20.8 Å². The molecule has 1 aliphatic rings. The van der Waals surface area contributed by atoms with Gasteiger partial charge in [0.1, 0.15) is 12.1 Å². The van der Waals surface area contributed by atoms with Crippen LogP contribution in [0.1, 0.15) is 18.4 Å². The molecular weight excluding hydrogens is 354 g/mol. The molecule has 0 radical (unpaired) electrons. The van der Waals surface area contributed by atoms with Crippen LogP contribution in [0.5, 0.6) is 0 Å².